The normalized spacial score (nSPS) is 17.8. The van der Waals surface area contributed by atoms with Crippen molar-refractivity contribution in [2.24, 2.45) is 0 Å². The number of amides is 1. The van der Waals surface area contributed by atoms with Crippen LogP contribution in [0.5, 0.6) is 5.75 Å². The fourth-order valence-electron chi connectivity index (χ4n) is 2.13. The van der Waals surface area contributed by atoms with Crippen LogP contribution in [0.1, 0.15) is 0 Å². The molecule has 0 saturated heterocycles. The van der Waals surface area contributed by atoms with Crippen LogP contribution >= 0.6 is 11.6 Å². The van der Waals surface area contributed by atoms with E-state index in [9.17, 15) is 9.90 Å². The van der Waals surface area contributed by atoms with E-state index >= 15 is 0 Å². The summed E-state index contributed by atoms with van der Waals surface area (Å²) in [6.45, 7) is 0. The Bertz CT molecular complexity index is 645. The molecule has 0 saturated carbocycles. The minimum Gasteiger partial charge on any atom is -0.508 e. The maximum Gasteiger partial charge on any atom is 0.263 e. The minimum atomic E-state index is -0.850. The van der Waals surface area contributed by atoms with Gasteiger partial charge in [-0.2, -0.15) is 0 Å². The predicted molar refractivity (Wildman–Crippen MR) is 75.0 cm³/mol. The molecule has 2 aromatic carbocycles. The summed E-state index contributed by atoms with van der Waals surface area (Å²) in [5, 5.41) is 12.3. The second kappa shape index (κ2) is 4.48. The highest BCUT2D eigenvalue weighted by atomic mass is 35.5. The number of phenols is 1. The van der Waals surface area contributed by atoms with Gasteiger partial charge in [0, 0.05) is 11.8 Å². The molecule has 19 heavy (non-hydrogen) atoms. The largest absolute Gasteiger partial charge is 0.508 e. The van der Waals surface area contributed by atoms with Crippen molar-refractivity contribution in [3.05, 3.63) is 48.5 Å². The Hall–Kier alpha value is -2.20. The van der Waals surface area contributed by atoms with Crippen molar-refractivity contribution in [2.45, 2.75) is 5.50 Å². The third-order valence-electron chi connectivity index (χ3n) is 2.97. The Kier molecular flexibility index (Phi) is 2.80. The first-order valence-electron chi connectivity index (χ1n) is 5.79. The predicted octanol–water partition coefficient (Wildman–Crippen LogP) is 3.05. The molecule has 1 heterocycles. The van der Waals surface area contributed by atoms with Gasteiger partial charge in [-0.1, -0.05) is 29.8 Å². The van der Waals surface area contributed by atoms with Crippen molar-refractivity contribution < 1.29 is 9.90 Å². The molecule has 5 heteroatoms. The summed E-state index contributed by atoms with van der Waals surface area (Å²) in [7, 11) is 0. The number of phenolic OH excluding ortho intramolecular Hbond substituents is 1. The van der Waals surface area contributed by atoms with Gasteiger partial charge in [0.25, 0.3) is 5.91 Å². The van der Waals surface area contributed by atoms with Crippen LogP contribution in [-0.2, 0) is 4.79 Å². The van der Waals surface area contributed by atoms with Gasteiger partial charge < -0.3 is 15.3 Å². The number of benzene rings is 2. The van der Waals surface area contributed by atoms with Crippen molar-refractivity contribution in [2.75, 3.05) is 10.2 Å². The molecule has 0 aliphatic carbocycles. The molecule has 0 aromatic heterocycles. The number of anilines is 3. The van der Waals surface area contributed by atoms with Crippen LogP contribution in [0, 0.1) is 0 Å². The Morgan fingerprint density at radius 3 is 2.74 bits per heavy atom. The average molecular weight is 275 g/mol. The molecular weight excluding hydrogens is 264 g/mol. The zero-order valence-corrected chi connectivity index (χ0v) is 10.6. The molecule has 0 fully saturated rings. The Labute approximate surface area is 115 Å². The van der Waals surface area contributed by atoms with Crippen LogP contribution in [0.25, 0.3) is 0 Å². The number of nitrogens with one attached hydrogen (secondary N) is 1. The summed E-state index contributed by atoms with van der Waals surface area (Å²) in [5.74, 6) is -0.159. The lowest BCUT2D eigenvalue weighted by Crippen LogP contribution is -2.41. The summed E-state index contributed by atoms with van der Waals surface area (Å²) >= 11 is 6.18. The van der Waals surface area contributed by atoms with Gasteiger partial charge in [0.15, 0.2) is 5.50 Å². The molecule has 1 aliphatic rings. The van der Waals surface area contributed by atoms with Gasteiger partial charge in [-0.25, -0.2) is 0 Å². The average Bonchev–Trinajstić information content (AvgIpc) is 2.40. The summed E-state index contributed by atoms with van der Waals surface area (Å²) < 4.78 is 0. The Balaban J connectivity index is 2.16. The monoisotopic (exact) mass is 274 g/mol. The molecule has 0 radical (unpaired) electrons. The maximum absolute atomic E-state index is 11.9. The molecule has 2 aromatic rings. The number of carbonyl (C=O) groups excluding carboxylic acids is 1. The van der Waals surface area contributed by atoms with Crippen molar-refractivity contribution in [3.8, 4) is 5.75 Å². The number of aromatic hydroxyl groups is 1. The Morgan fingerprint density at radius 2 is 1.95 bits per heavy atom. The summed E-state index contributed by atoms with van der Waals surface area (Å²) in [4.78, 5) is 13.6. The van der Waals surface area contributed by atoms with Gasteiger partial charge in [-0.05, 0) is 24.3 Å². The highest BCUT2D eigenvalue weighted by Crippen LogP contribution is 2.39. The van der Waals surface area contributed by atoms with E-state index in [0.29, 0.717) is 11.4 Å². The van der Waals surface area contributed by atoms with E-state index in [1.165, 1.54) is 0 Å². The molecule has 0 unspecified atom stereocenters. The maximum atomic E-state index is 11.9. The van der Waals surface area contributed by atoms with Crippen LogP contribution in [0.15, 0.2) is 48.5 Å². The minimum absolute atomic E-state index is 0.129. The smallest absolute Gasteiger partial charge is 0.263 e. The summed E-state index contributed by atoms with van der Waals surface area (Å²) in [5.41, 5.74) is 1.32. The standard InChI is InChI=1S/C14H11ClN2O2/c15-13-14(19)16-11-6-1-2-7-12(11)17(13)9-4-3-5-10(18)8-9/h1-8,13,18H,(H,16,19)/t13-/m0/s1. The summed E-state index contributed by atoms with van der Waals surface area (Å²) in [6.07, 6.45) is 0. The van der Waals surface area contributed by atoms with Gasteiger partial charge in [0.05, 0.1) is 11.4 Å². The number of para-hydroxylation sites is 2. The van der Waals surface area contributed by atoms with E-state index < -0.39 is 5.50 Å². The van der Waals surface area contributed by atoms with E-state index in [1.807, 2.05) is 24.3 Å². The molecule has 0 spiro atoms. The lowest BCUT2D eigenvalue weighted by molar-refractivity contribution is -0.115. The second-order valence-electron chi connectivity index (χ2n) is 4.23. The molecule has 2 N–H and O–H groups in total. The van der Waals surface area contributed by atoms with Crippen molar-refractivity contribution in [3.63, 3.8) is 0 Å². The van der Waals surface area contributed by atoms with Crippen LogP contribution in [0.2, 0.25) is 0 Å². The lowest BCUT2D eigenvalue weighted by Gasteiger charge is -2.34. The molecular formula is C14H11ClN2O2. The van der Waals surface area contributed by atoms with Crippen LogP contribution in [0.3, 0.4) is 0 Å². The highest BCUT2D eigenvalue weighted by Gasteiger charge is 2.32. The topological polar surface area (TPSA) is 52.6 Å². The lowest BCUT2D eigenvalue weighted by atomic mass is 10.1. The number of halogens is 1. The van der Waals surface area contributed by atoms with E-state index in [0.717, 1.165) is 5.69 Å². The molecule has 1 amide bonds. The fraction of sp³-hybridized carbons (Fsp3) is 0.0714. The second-order valence-corrected chi connectivity index (χ2v) is 4.65. The number of alkyl halides is 1. The van der Waals surface area contributed by atoms with E-state index in [-0.39, 0.29) is 11.7 Å². The molecule has 96 valence electrons. The number of fused-ring (bicyclic) bond motifs is 1. The van der Waals surface area contributed by atoms with Gasteiger partial charge in [0.1, 0.15) is 5.75 Å². The number of rotatable bonds is 1. The Morgan fingerprint density at radius 1 is 1.16 bits per heavy atom. The highest BCUT2D eigenvalue weighted by molar-refractivity contribution is 6.36. The number of carbonyl (C=O) groups is 1. The molecule has 3 rings (SSSR count). The molecule has 0 bridgehead atoms. The van der Waals surface area contributed by atoms with Crippen LogP contribution in [0.4, 0.5) is 17.1 Å². The van der Waals surface area contributed by atoms with Gasteiger partial charge >= 0.3 is 0 Å². The van der Waals surface area contributed by atoms with E-state index in [2.05, 4.69) is 5.32 Å². The number of nitrogens with zero attached hydrogens (tertiary/aromatic N) is 1. The molecule has 4 nitrogen and oxygen atoms in total. The van der Waals surface area contributed by atoms with Gasteiger partial charge in [-0.15, -0.1) is 0 Å². The zero-order chi connectivity index (χ0) is 13.4. The van der Waals surface area contributed by atoms with Crippen molar-refractivity contribution >= 4 is 34.6 Å². The summed E-state index contributed by atoms with van der Waals surface area (Å²) in [6, 6.07) is 14.0. The zero-order valence-electron chi connectivity index (χ0n) is 9.88. The first-order chi connectivity index (χ1) is 9.16. The van der Waals surface area contributed by atoms with E-state index in [4.69, 9.17) is 11.6 Å². The number of hydrogen-bond acceptors (Lipinski definition) is 3. The first-order valence-corrected chi connectivity index (χ1v) is 6.23. The third-order valence-corrected chi connectivity index (χ3v) is 3.37. The van der Waals surface area contributed by atoms with Gasteiger partial charge in [-0.3, -0.25) is 4.79 Å². The van der Waals surface area contributed by atoms with Crippen molar-refractivity contribution in [1.29, 1.82) is 0 Å². The van der Waals surface area contributed by atoms with Crippen LogP contribution < -0.4 is 10.2 Å². The van der Waals surface area contributed by atoms with E-state index in [1.54, 1.807) is 29.2 Å². The quantitative estimate of drug-likeness (QED) is 0.621. The SMILES string of the molecule is O=C1Nc2ccccc2N(c2cccc(O)c2)[C@@H]1Cl. The molecule has 1 atom stereocenters. The van der Waals surface area contributed by atoms with Crippen LogP contribution in [-0.4, -0.2) is 16.5 Å². The molecule has 1 aliphatic heterocycles. The van der Waals surface area contributed by atoms with Gasteiger partial charge in [0.2, 0.25) is 0 Å². The third kappa shape index (κ3) is 2.00. The number of hydrogen-bond donors (Lipinski definition) is 2. The van der Waals surface area contributed by atoms with Crippen molar-refractivity contribution in [1.82, 2.24) is 0 Å². The first kappa shape index (κ1) is 11.9. The fourth-order valence-corrected chi connectivity index (χ4v) is 2.41.